The SMILES string of the molecule is CCC(C)NC(=O)C(C)Oc1ccccc1C(C)(C)C. The Morgan fingerprint density at radius 1 is 1.25 bits per heavy atom. The number of rotatable bonds is 5. The molecule has 1 amide bonds. The molecule has 0 aliphatic carbocycles. The third kappa shape index (κ3) is 4.55. The van der Waals surface area contributed by atoms with Crippen molar-refractivity contribution in [3.8, 4) is 5.75 Å². The average molecular weight is 277 g/mol. The second-order valence-electron chi connectivity index (χ2n) is 6.32. The van der Waals surface area contributed by atoms with Crippen molar-refractivity contribution in [3.63, 3.8) is 0 Å². The van der Waals surface area contributed by atoms with Crippen molar-refractivity contribution in [1.29, 1.82) is 0 Å². The molecule has 1 aromatic rings. The van der Waals surface area contributed by atoms with Crippen LogP contribution in [-0.4, -0.2) is 18.1 Å². The van der Waals surface area contributed by atoms with Crippen LogP contribution in [0, 0.1) is 0 Å². The molecule has 0 saturated heterocycles. The molecule has 1 N–H and O–H groups in total. The van der Waals surface area contributed by atoms with Gasteiger partial charge in [0.2, 0.25) is 0 Å². The van der Waals surface area contributed by atoms with Gasteiger partial charge >= 0.3 is 0 Å². The van der Waals surface area contributed by atoms with E-state index < -0.39 is 6.10 Å². The van der Waals surface area contributed by atoms with E-state index in [2.05, 4.69) is 32.2 Å². The zero-order chi connectivity index (χ0) is 15.3. The second kappa shape index (κ2) is 6.78. The normalized spacial score (nSPS) is 14.5. The first kappa shape index (κ1) is 16.5. The summed E-state index contributed by atoms with van der Waals surface area (Å²) < 4.78 is 5.87. The third-order valence-corrected chi connectivity index (χ3v) is 3.37. The molecule has 0 aliphatic heterocycles. The number of amides is 1. The first-order chi connectivity index (χ1) is 9.25. The molecule has 0 aliphatic rings. The van der Waals surface area contributed by atoms with Crippen molar-refractivity contribution < 1.29 is 9.53 Å². The van der Waals surface area contributed by atoms with Crippen LogP contribution in [-0.2, 0) is 10.2 Å². The lowest BCUT2D eigenvalue weighted by Crippen LogP contribution is -2.41. The summed E-state index contributed by atoms with van der Waals surface area (Å²) in [5.74, 6) is 0.717. The number of benzene rings is 1. The highest BCUT2D eigenvalue weighted by atomic mass is 16.5. The lowest BCUT2D eigenvalue weighted by atomic mass is 9.86. The van der Waals surface area contributed by atoms with Gasteiger partial charge in [0.15, 0.2) is 6.10 Å². The van der Waals surface area contributed by atoms with Crippen molar-refractivity contribution in [2.45, 2.75) is 65.5 Å². The summed E-state index contributed by atoms with van der Waals surface area (Å²) in [5.41, 5.74) is 1.10. The van der Waals surface area contributed by atoms with E-state index in [-0.39, 0.29) is 17.4 Å². The molecule has 0 fully saturated rings. The van der Waals surface area contributed by atoms with Gasteiger partial charge in [0, 0.05) is 6.04 Å². The Balaban J connectivity index is 2.81. The summed E-state index contributed by atoms with van der Waals surface area (Å²) in [6.45, 7) is 12.2. The van der Waals surface area contributed by atoms with Crippen molar-refractivity contribution >= 4 is 5.91 Å². The van der Waals surface area contributed by atoms with Crippen molar-refractivity contribution in [2.75, 3.05) is 0 Å². The number of carbonyl (C=O) groups is 1. The minimum atomic E-state index is -0.493. The topological polar surface area (TPSA) is 38.3 Å². The zero-order valence-corrected chi connectivity index (χ0v) is 13.5. The van der Waals surface area contributed by atoms with Crippen molar-refractivity contribution in [2.24, 2.45) is 0 Å². The van der Waals surface area contributed by atoms with E-state index in [1.54, 1.807) is 6.92 Å². The van der Waals surface area contributed by atoms with Gasteiger partial charge in [-0.05, 0) is 37.3 Å². The number of carbonyl (C=O) groups excluding carboxylic acids is 1. The molecule has 0 heterocycles. The highest BCUT2D eigenvalue weighted by Gasteiger charge is 2.22. The molecule has 2 atom stereocenters. The lowest BCUT2D eigenvalue weighted by Gasteiger charge is -2.25. The Hall–Kier alpha value is -1.51. The first-order valence-corrected chi connectivity index (χ1v) is 7.32. The lowest BCUT2D eigenvalue weighted by molar-refractivity contribution is -0.127. The Morgan fingerprint density at radius 3 is 2.40 bits per heavy atom. The predicted octanol–water partition coefficient (Wildman–Crippen LogP) is 3.67. The maximum atomic E-state index is 12.0. The highest BCUT2D eigenvalue weighted by Crippen LogP contribution is 2.31. The molecule has 1 aromatic carbocycles. The van der Waals surface area contributed by atoms with Crippen molar-refractivity contribution in [3.05, 3.63) is 29.8 Å². The fourth-order valence-corrected chi connectivity index (χ4v) is 1.90. The molecule has 112 valence electrons. The van der Waals surface area contributed by atoms with Crippen LogP contribution in [0.25, 0.3) is 0 Å². The number of para-hydroxylation sites is 1. The zero-order valence-electron chi connectivity index (χ0n) is 13.5. The minimum Gasteiger partial charge on any atom is -0.481 e. The predicted molar refractivity (Wildman–Crippen MR) is 83.1 cm³/mol. The summed E-state index contributed by atoms with van der Waals surface area (Å²) in [5, 5.41) is 2.94. The van der Waals surface area contributed by atoms with Gasteiger partial charge in [-0.2, -0.15) is 0 Å². The summed E-state index contributed by atoms with van der Waals surface area (Å²) in [4.78, 5) is 12.0. The molecule has 3 heteroatoms. The minimum absolute atomic E-state index is 0.0104. The van der Waals surface area contributed by atoms with Gasteiger partial charge in [-0.1, -0.05) is 45.9 Å². The monoisotopic (exact) mass is 277 g/mol. The van der Waals surface area contributed by atoms with Crippen molar-refractivity contribution in [1.82, 2.24) is 5.32 Å². The van der Waals surface area contributed by atoms with Crippen LogP contribution in [0.2, 0.25) is 0 Å². The number of hydrogen-bond acceptors (Lipinski definition) is 2. The fraction of sp³-hybridized carbons (Fsp3) is 0.588. The van der Waals surface area contributed by atoms with E-state index in [1.165, 1.54) is 0 Å². The van der Waals surface area contributed by atoms with Crippen LogP contribution < -0.4 is 10.1 Å². The van der Waals surface area contributed by atoms with Gasteiger partial charge in [0.05, 0.1) is 0 Å². The van der Waals surface area contributed by atoms with Crippen LogP contribution >= 0.6 is 0 Å². The molecular weight excluding hydrogens is 250 g/mol. The van der Waals surface area contributed by atoms with Gasteiger partial charge in [-0.3, -0.25) is 4.79 Å². The van der Waals surface area contributed by atoms with Gasteiger partial charge in [-0.15, -0.1) is 0 Å². The maximum absolute atomic E-state index is 12.0. The van der Waals surface area contributed by atoms with E-state index in [0.29, 0.717) is 0 Å². The van der Waals surface area contributed by atoms with Gasteiger partial charge < -0.3 is 10.1 Å². The number of ether oxygens (including phenoxy) is 1. The summed E-state index contributed by atoms with van der Waals surface area (Å²) in [6, 6.07) is 8.08. The molecule has 1 rings (SSSR count). The number of hydrogen-bond donors (Lipinski definition) is 1. The van der Waals surface area contributed by atoms with Crippen LogP contribution in [0.4, 0.5) is 0 Å². The molecule has 0 bridgehead atoms. The largest absolute Gasteiger partial charge is 0.481 e. The Bertz CT molecular complexity index is 449. The first-order valence-electron chi connectivity index (χ1n) is 7.32. The second-order valence-corrected chi connectivity index (χ2v) is 6.32. The quantitative estimate of drug-likeness (QED) is 0.892. The van der Waals surface area contributed by atoms with Gasteiger partial charge in [0.1, 0.15) is 5.75 Å². The summed E-state index contributed by atoms with van der Waals surface area (Å²) in [7, 11) is 0. The van der Waals surface area contributed by atoms with Crippen LogP contribution in [0.3, 0.4) is 0 Å². The molecule has 20 heavy (non-hydrogen) atoms. The molecule has 0 saturated carbocycles. The highest BCUT2D eigenvalue weighted by molar-refractivity contribution is 5.81. The summed E-state index contributed by atoms with van der Waals surface area (Å²) >= 11 is 0. The summed E-state index contributed by atoms with van der Waals surface area (Å²) in [6.07, 6.45) is 0.421. The van der Waals surface area contributed by atoms with E-state index in [0.717, 1.165) is 17.7 Å². The third-order valence-electron chi connectivity index (χ3n) is 3.37. The van der Waals surface area contributed by atoms with E-state index >= 15 is 0 Å². The molecule has 0 spiro atoms. The van der Waals surface area contributed by atoms with Gasteiger partial charge in [-0.25, -0.2) is 0 Å². The van der Waals surface area contributed by atoms with E-state index in [4.69, 9.17) is 4.74 Å². The molecular formula is C17H27NO2. The van der Waals surface area contributed by atoms with E-state index in [1.807, 2.05) is 32.0 Å². The molecule has 2 unspecified atom stereocenters. The van der Waals surface area contributed by atoms with Crippen LogP contribution in [0.1, 0.15) is 53.5 Å². The van der Waals surface area contributed by atoms with E-state index in [9.17, 15) is 4.79 Å². The number of nitrogens with one attached hydrogen (secondary N) is 1. The smallest absolute Gasteiger partial charge is 0.260 e. The molecule has 0 aromatic heterocycles. The van der Waals surface area contributed by atoms with Gasteiger partial charge in [0.25, 0.3) is 5.91 Å². The fourth-order valence-electron chi connectivity index (χ4n) is 1.90. The maximum Gasteiger partial charge on any atom is 0.260 e. The van der Waals surface area contributed by atoms with Crippen LogP contribution in [0.15, 0.2) is 24.3 Å². The average Bonchev–Trinajstić information content (AvgIpc) is 2.37. The molecule has 3 nitrogen and oxygen atoms in total. The Morgan fingerprint density at radius 2 is 1.85 bits per heavy atom. The Kier molecular flexibility index (Phi) is 5.61. The Labute approximate surface area is 122 Å². The molecule has 0 radical (unpaired) electrons. The van der Waals surface area contributed by atoms with Crippen LogP contribution in [0.5, 0.6) is 5.75 Å². The standard InChI is InChI=1S/C17H27NO2/c1-7-12(2)18-16(19)13(3)20-15-11-9-8-10-14(15)17(4,5)6/h8-13H,7H2,1-6H3,(H,18,19).